The van der Waals surface area contributed by atoms with Crippen molar-refractivity contribution in [1.82, 2.24) is 9.78 Å². The van der Waals surface area contributed by atoms with Gasteiger partial charge in [-0.25, -0.2) is 0 Å². The molecule has 1 aromatic heterocycles. The van der Waals surface area contributed by atoms with Gasteiger partial charge in [0.05, 0.1) is 22.5 Å². The number of aliphatic hydroxyl groups excluding tert-OH is 1. The zero-order valence-corrected chi connectivity index (χ0v) is 14.7. The van der Waals surface area contributed by atoms with Gasteiger partial charge >= 0.3 is 0 Å². The van der Waals surface area contributed by atoms with E-state index in [-0.39, 0.29) is 0 Å². The molecule has 0 aliphatic rings. The van der Waals surface area contributed by atoms with Gasteiger partial charge in [0.25, 0.3) is 0 Å². The summed E-state index contributed by atoms with van der Waals surface area (Å²) in [4.78, 5) is 0. The van der Waals surface area contributed by atoms with Crippen LogP contribution in [-0.4, -0.2) is 14.9 Å². The van der Waals surface area contributed by atoms with Crippen LogP contribution in [0, 0.1) is 10.5 Å². The number of rotatable bonds is 4. The molecule has 0 fully saturated rings. The summed E-state index contributed by atoms with van der Waals surface area (Å²) in [5, 5.41) is 15.6. The van der Waals surface area contributed by atoms with Crippen LogP contribution in [0.25, 0.3) is 0 Å². The number of aromatic nitrogens is 2. The minimum atomic E-state index is -0.570. The van der Waals surface area contributed by atoms with Crippen LogP contribution in [0.4, 0.5) is 0 Å². The van der Waals surface area contributed by atoms with Crippen LogP contribution in [0.5, 0.6) is 0 Å². The molecule has 2 rings (SSSR count). The molecule has 0 radical (unpaired) electrons. The first-order valence-corrected chi connectivity index (χ1v) is 8.04. The Bertz CT molecular complexity index is 625. The third-order valence-electron chi connectivity index (χ3n) is 3.47. The summed E-state index contributed by atoms with van der Waals surface area (Å²) in [5.74, 6) is 0. The van der Waals surface area contributed by atoms with Crippen molar-refractivity contribution in [1.29, 1.82) is 0 Å². The Balaban J connectivity index is 2.30. The second kappa shape index (κ2) is 6.45. The van der Waals surface area contributed by atoms with Crippen molar-refractivity contribution in [3.8, 4) is 0 Å². The third kappa shape index (κ3) is 3.02. The lowest BCUT2D eigenvalue weighted by atomic mass is 10.0. The van der Waals surface area contributed by atoms with Crippen LogP contribution >= 0.6 is 34.2 Å². The van der Waals surface area contributed by atoms with Gasteiger partial charge in [0.2, 0.25) is 0 Å². The van der Waals surface area contributed by atoms with Gasteiger partial charge in [0.15, 0.2) is 0 Å². The molecule has 3 nitrogen and oxygen atoms in total. The summed E-state index contributed by atoms with van der Waals surface area (Å²) in [6.07, 6.45) is 0.700. The van der Waals surface area contributed by atoms with Gasteiger partial charge in [-0.1, -0.05) is 36.7 Å². The van der Waals surface area contributed by atoms with Gasteiger partial charge < -0.3 is 5.11 Å². The van der Waals surface area contributed by atoms with E-state index in [0.717, 1.165) is 26.9 Å². The van der Waals surface area contributed by atoms with E-state index in [1.54, 1.807) is 4.68 Å². The molecule has 1 aromatic carbocycles. The number of aliphatic hydroxyl groups is 1. The molecular formula is C15H18ClIN2O. The predicted octanol–water partition coefficient (Wildman–Crippen LogP) is 3.83. The van der Waals surface area contributed by atoms with Gasteiger partial charge in [-0.15, -0.1) is 0 Å². The van der Waals surface area contributed by atoms with E-state index < -0.39 is 6.10 Å². The smallest absolute Gasteiger partial charge is 0.0856 e. The van der Waals surface area contributed by atoms with Crippen molar-refractivity contribution in [2.75, 3.05) is 0 Å². The fourth-order valence-corrected chi connectivity index (χ4v) is 3.35. The summed E-state index contributed by atoms with van der Waals surface area (Å²) in [6, 6.07) is 5.98. The molecule has 0 spiro atoms. The Morgan fingerprint density at radius 3 is 2.75 bits per heavy atom. The van der Waals surface area contributed by atoms with E-state index >= 15 is 0 Å². The number of halogens is 2. The first kappa shape index (κ1) is 15.8. The quantitative estimate of drug-likeness (QED) is 0.787. The van der Waals surface area contributed by atoms with Crippen LogP contribution in [0.3, 0.4) is 0 Å². The molecule has 0 saturated carbocycles. The highest BCUT2D eigenvalue weighted by molar-refractivity contribution is 14.1. The van der Waals surface area contributed by atoms with Gasteiger partial charge in [0.1, 0.15) is 0 Å². The number of benzene rings is 1. The van der Waals surface area contributed by atoms with E-state index in [9.17, 15) is 5.11 Å². The Kier molecular flexibility index (Phi) is 5.09. The molecule has 1 atom stereocenters. The Morgan fingerprint density at radius 2 is 2.15 bits per heavy atom. The highest BCUT2D eigenvalue weighted by Gasteiger charge is 2.19. The van der Waals surface area contributed by atoms with Crippen molar-refractivity contribution in [2.24, 2.45) is 7.05 Å². The van der Waals surface area contributed by atoms with Crippen LogP contribution in [-0.2, 0) is 19.9 Å². The lowest BCUT2D eigenvalue weighted by Gasteiger charge is -2.14. The lowest BCUT2D eigenvalue weighted by molar-refractivity contribution is 0.175. The molecular weight excluding hydrogens is 387 g/mol. The second-order valence-electron chi connectivity index (χ2n) is 4.88. The van der Waals surface area contributed by atoms with Crippen molar-refractivity contribution in [3.63, 3.8) is 0 Å². The summed E-state index contributed by atoms with van der Waals surface area (Å²) in [5.41, 5.74) is 3.89. The largest absolute Gasteiger partial charge is 0.388 e. The first-order chi connectivity index (χ1) is 9.45. The van der Waals surface area contributed by atoms with E-state index in [2.05, 4.69) is 27.7 Å². The summed E-state index contributed by atoms with van der Waals surface area (Å²) in [6.45, 7) is 4.07. The fourth-order valence-electron chi connectivity index (χ4n) is 2.26. The summed E-state index contributed by atoms with van der Waals surface area (Å²) >= 11 is 8.61. The van der Waals surface area contributed by atoms with Crippen LogP contribution in [0.2, 0.25) is 5.02 Å². The molecule has 0 aliphatic carbocycles. The van der Waals surface area contributed by atoms with Crippen LogP contribution in [0.1, 0.15) is 35.5 Å². The van der Waals surface area contributed by atoms with Gasteiger partial charge in [-0.3, -0.25) is 4.68 Å². The summed E-state index contributed by atoms with van der Waals surface area (Å²) in [7, 11) is 1.87. The standard InChI is InChI=1S/C15H18ClIN2O/c1-4-11-14(16)12(19(3)18-11)8-13(20)10-7-5-6-9(2)15(10)17/h5-7,13,20H,4,8H2,1-3H3. The van der Waals surface area contributed by atoms with E-state index in [0.29, 0.717) is 11.4 Å². The van der Waals surface area contributed by atoms with Crippen molar-refractivity contribution < 1.29 is 5.11 Å². The molecule has 0 aliphatic heterocycles. The molecule has 0 bridgehead atoms. The third-order valence-corrected chi connectivity index (χ3v) is 5.38. The van der Waals surface area contributed by atoms with Crippen molar-refractivity contribution in [2.45, 2.75) is 32.8 Å². The fraction of sp³-hybridized carbons (Fsp3) is 0.400. The second-order valence-corrected chi connectivity index (χ2v) is 6.34. The lowest BCUT2D eigenvalue weighted by Crippen LogP contribution is -2.08. The van der Waals surface area contributed by atoms with E-state index in [4.69, 9.17) is 11.6 Å². The number of nitrogens with zero attached hydrogens (tertiary/aromatic N) is 2. The maximum atomic E-state index is 10.5. The minimum Gasteiger partial charge on any atom is -0.388 e. The molecule has 5 heteroatoms. The maximum absolute atomic E-state index is 10.5. The molecule has 108 valence electrons. The Labute approximate surface area is 138 Å². The number of aryl methyl sites for hydroxylation is 3. The monoisotopic (exact) mass is 404 g/mol. The molecule has 0 amide bonds. The number of hydrogen-bond donors (Lipinski definition) is 1. The van der Waals surface area contributed by atoms with E-state index in [1.165, 1.54) is 5.56 Å². The predicted molar refractivity (Wildman–Crippen MR) is 90.2 cm³/mol. The average Bonchev–Trinajstić information content (AvgIpc) is 2.69. The topological polar surface area (TPSA) is 38.0 Å². The molecule has 1 N–H and O–H groups in total. The van der Waals surface area contributed by atoms with E-state index in [1.807, 2.05) is 39.1 Å². The Hall–Kier alpha value is -0.590. The zero-order chi connectivity index (χ0) is 14.9. The average molecular weight is 405 g/mol. The first-order valence-electron chi connectivity index (χ1n) is 6.59. The molecule has 2 aromatic rings. The molecule has 20 heavy (non-hydrogen) atoms. The number of hydrogen-bond acceptors (Lipinski definition) is 2. The van der Waals surface area contributed by atoms with Crippen molar-refractivity contribution in [3.05, 3.63) is 49.3 Å². The normalized spacial score (nSPS) is 12.7. The van der Waals surface area contributed by atoms with Gasteiger partial charge in [-0.2, -0.15) is 5.10 Å². The molecule has 1 unspecified atom stereocenters. The van der Waals surface area contributed by atoms with Crippen LogP contribution in [0.15, 0.2) is 18.2 Å². The maximum Gasteiger partial charge on any atom is 0.0856 e. The molecule has 0 saturated heterocycles. The molecule has 1 heterocycles. The highest BCUT2D eigenvalue weighted by Crippen LogP contribution is 2.29. The van der Waals surface area contributed by atoms with Crippen LogP contribution < -0.4 is 0 Å². The van der Waals surface area contributed by atoms with Crippen molar-refractivity contribution >= 4 is 34.2 Å². The SMILES string of the molecule is CCc1nn(C)c(CC(O)c2cccc(C)c2I)c1Cl. The minimum absolute atomic E-state index is 0.474. The zero-order valence-electron chi connectivity index (χ0n) is 11.8. The Morgan fingerprint density at radius 1 is 1.45 bits per heavy atom. The van der Waals surface area contributed by atoms with Gasteiger partial charge in [-0.05, 0) is 47.1 Å². The highest BCUT2D eigenvalue weighted by atomic mass is 127. The van der Waals surface area contributed by atoms with Gasteiger partial charge in [0, 0.05) is 17.0 Å². The summed E-state index contributed by atoms with van der Waals surface area (Å²) < 4.78 is 2.87.